The fourth-order valence-corrected chi connectivity index (χ4v) is 4.55. The van der Waals surface area contributed by atoms with Crippen LogP contribution < -0.4 is 5.32 Å². The first kappa shape index (κ1) is 25.8. The maximum atomic E-state index is 14.5. The Hall–Kier alpha value is -2.83. The Bertz CT molecular complexity index is 1080. The first-order chi connectivity index (χ1) is 16.5. The van der Waals surface area contributed by atoms with E-state index in [0.29, 0.717) is 29.3 Å². The second kappa shape index (κ2) is 13.2. The quantitative estimate of drug-likeness (QED) is 0.343. The second-order valence-electron chi connectivity index (χ2n) is 7.77. The summed E-state index contributed by atoms with van der Waals surface area (Å²) in [5, 5.41) is 3.50. The highest BCUT2D eigenvalue weighted by molar-refractivity contribution is 7.99. The van der Waals surface area contributed by atoms with Crippen LogP contribution in [0.4, 0.5) is 4.39 Å². The molecule has 4 nitrogen and oxygen atoms in total. The number of rotatable bonds is 11. The van der Waals surface area contributed by atoms with E-state index in [1.807, 2.05) is 49.4 Å². The lowest BCUT2D eigenvalue weighted by Crippen LogP contribution is -2.50. The van der Waals surface area contributed by atoms with Gasteiger partial charge in [0.15, 0.2) is 0 Å². The molecule has 34 heavy (non-hydrogen) atoms. The average Bonchev–Trinajstić information content (AvgIpc) is 2.84. The Balaban J connectivity index is 1.82. The van der Waals surface area contributed by atoms with Crippen LogP contribution in [0.15, 0.2) is 83.8 Å². The zero-order chi connectivity index (χ0) is 24.3. The van der Waals surface area contributed by atoms with E-state index in [1.54, 1.807) is 30.3 Å². The van der Waals surface area contributed by atoms with Crippen molar-refractivity contribution in [3.8, 4) is 0 Å². The van der Waals surface area contributed by atoms with Crippen molar-refractivity contribution in [1.82, 2.24) is 10.2 Å². The van der Waals surface area contributed by atoms with E-state index in [-0.39, 0.29) is 24.8 Å². The fraction of sp³-hybridized carbons (Fsp3) is 0.259. The molecule has 178 valence electrons. The highest BCUT2D eigenvalue weighted by atomic mass is 35.5. The monoisotopic (exact) mass is 498 g/mol. The lowest BCUT2D eigenvalue weighted by atomic mass is 10.0. The van der Waals surface area contributed by atoms with Crippen molar-refractivity contribution >= 4 is 35.2 Å². The van der Waals surface area contributed by atoms with Gasteiger partial charge in [-0.3, -0.25) is 9.59 Å². The summed E-state index contributed by atoms with van der Waals surface area (Å²) in [6, 6.07) is 22.6. The molecule has 2 amide bonds. The topological polar surface area (TPSA) is 49.4 Å². The molecule has 0 saturated heterocycles. The Labute approximate surface area is 209 Å². The number of amides is 2. The van der Waals surface area contributed by atoms with Crippen molar-refractivity contribution in [1.29, 1.82) is 0 Å². The van der Waals surface area contributed by atoms with Gasteiger partial charge in [0.2, 0.25) is 11.8 Å². The molecular weight excluding hydrogens is 471 g/mol. The number of carbonyl (C=O) groups is 2. The van der Waals surface area contributed by atoms with Crippen molar-refractivity contribution in [2.75, 3.05) is 12.3 Å². The minimum absolute atomic E-state index is 0.0196. The summed E-state index contributed by atoms with van der Waals surface area (Å²) in [7, 11) is 0. The minimum atomic E-state index is -0.755. The molecule has 1 atom stereocenters. The normalized spacial score (nSPS) is 11.6. The third kappa shape index (κ3) is 7.61. The summed E-state index contributed by atoms with van der Waals surface area (Å²) < 4.78 is 14.5. The average molecular weight is 499 g/mol. The van der Waals surface area contributed by atoms with Gasteiger partial charge in [-0.1, -0.05) is 60.1 Å². The summed E-state index contributed by atoms with van der Waals surface area (Å²) in [5.74, 6) is -0.315. The summed E-state index contributed by atoms with van der Waals surface area (Å²) in [4.78, 5) is 29.0. The van der Waals surface area contributed by atoms with Gasteiger partial charge in [0.1, 0.15) is 11.9 Å². The Morgan fingerprint density at radius 2 is 1.68 bits per heavy atom. The van der Waals surface area contributed by atoms with Gasteiger partial charge < -0.3 is 10.2 Å². The summed E-state index contributed by atoms with van der Waals surface area (Å²) >= 11 is 7.48. The largest absolute Gasteiger partial charge is 0.355 e. The molecule has 3 aromatic carbocycles. The predicted octanol–water partition coefficient (Wildman–Crippen LogP) is 5.74. The molecule has 0 aliphatic heterocycles. The van der Waals surface area contributed by atoms with Gasteiger partial charge in [0, 0.05) is 47.2 Å². The van der Waals surface area contributed by atoms with Crippen LogP contribution in [0.3, 0.4) is 0 Å². The maximum absolute atomic E-state index is 14.5. The van der Waals surface area contributed by atoms with Gasteiger partial charge in [0.05, 0.1) is 0 Å². The standard InChI is InChI=1S/C27H28ClFN2O2S/c1-2-30-27(33)25(18-20-8-4-3-5-9-20)31(19-21-10-6-7-11-24(21)29)26(32)16-17-34-23-14-12-22(28)13-15-23/h3-15,25H,2,16-19H2,1H3,(H,30,33)/t25-/m1/s1. The van der Waals surface area contributed by atoms with Crippen molar-refractivity contribution in [2.45, 2.75) is 37.2 Å². The van der Waals surface area contributed by atoms with E-state index in [9.17, 15) is 14.0 Å². The Morgan fingerprint density at radius 1 is 1.00 bits per heavy atom. The number of nitrogens with one attached hydrogen (secondary N) is 1. The second-order valence-corrected chi connectivity index (χ2v) is 9.37. The van der Waals surface area contributed by atoms with Crippen molar-refractivity contribution < 1.29 is 14.0 Å². The third-order valence-corrected chi connectivity index (χ3v) is 6.58. The van der Waals surface area contributed by atoms with Crippen LogP contribution in [0, 0.1) is 5.82 Å². The molecule has 0 aromatic heterocycles. The first-order valence-electron chi connectivity index (χ1n) is 11.2. The number of thioether (sulfide) groups is 1. The summed E-state index contributed by atoms with van der Waals surface area (Å²) in [6.07, 6.45) is 0.559. The molecule has 0 saturated carbocycles. The van der Waals surface area contributed by atoms with Crippen LogP contribution in [0.1, 0.15) is 24.5 Å². The molecule has 0 radical (unpaired) electrons. The third-order valence-electron chi connectivity index (χ3n) is 5.32. The van der Waals surface area contributed by atoms with Crippen LogP contribution in [-0.4, -0.2) is 35.1 Å². The van der Waals surface area contributed by atoms with Gasteiger partial charge in [-0.15, -0.1) is 11.8 Å². The van der Waals surface area contributed by atoms with Crippen molar-refractivity contribution in [2.24, 2.45) is 0 Å². The maximum Gasteiger partial charge on any atom is 0.243 e. The lowest BCUT2D eigenvalue weighted by Gasteiger charge is -2.31. The molecule has 0 spiro atoms. The number of nitrogens with zero attached hydrogens (tertiary/aromatic N) is 1. The molecule has 0 aliphatic carbocycles. The molecule has 0 bridgehead atoms. The molecule has 1 N–H and O–H groups in total. The molecule has 3 rings (SSSR count). The van der Waals surface area contributed by atoms with Gasteiger partial charge in [0.25, 0.3) is 0 Å². The number of carbonyl (C=O) groups excluding carboxylic acids is 2. The molecule has 0 fully saturated rings. The van der Waals surface area contributed by atoms with Crippen molar-refractivity contribution in [3.63, 3.8) is 0 Å². The minimum Gasteiger partial charge on any atom is -0.355 e. The predicted molar refractivity (Wildman–Crippen MR) is 136 cm³/mol. The van der Waals surface area contributed by atoms with E-state index in [1.165, 1.54) is 22.7 Å². The molecule has 0 aliphatic rings. The fourth-order valence-electron chi connectivity index (χ4n) is 3.59. The van der Waals surface area contributed by atoms with E-state index >= 15 is 0 Å². The van der Waals surface area contributed by atoms with Crippen LogP contribution in [0.2, 0.25) is 5.02 Å². The molecular formula is C27H28ClFN2O2S. The smallest absolute Gasteiger partial charge is 0.243 e. The molecule has 7 heteroatoms. The van der Waals surface area contributed by atoms with Gasteiger partial charge in [-0.25, -0.2) is 4.39 Å². The highest BCUT2D eigenvalue weighted by Crippen LogP contribution is 2.23. The van der Waals surface area contributed by atoms with E-state index in [2.05, 4.69) is 5.32 Å². The van der Waals surface area contributed by atoms with Gasteiger partial charge >= 0.3 is 0 Å². The number of likely N-dealkylation sites (N-methyl/N-ethyl adjacent to an activating group) is 1. The highest BCUT2D eigenvalue weighted by Gasteiger charge is 2.30. The Kier molecular flexibility index (Phi) is 9.98. The van der Waals surface area contributed by atoms with E-state index in [0.717, 1.165) is 10.5 Å². The van der Waals surface area contributed by atoms with Crippen molar-refractivity contribution in [3.05, 3.63) is 101 Å². The van der Waals surface area contributed by atoms with Gasteiger partial charge in [-0.2, -0.15) is 0 Å². The van der Waals surface area contributed by atoms with E-state index < -0.39 is 11.9 Å². The van der Waals surface area contributed by atoms with Crippen LogP contribution in [0.25, 0.3) is 0 Å². The zero-order valence-corrected chi connectivity index (χ0v) is 20.6. The molecule has 0 unspecified atom stereocenters. The number of hydrogen-bond donors (Lipinski definition) is 1. The van der Waals surface area contributed by atoms with Gasteiger partial charge in [-0.05, 0) is 42.8 Å². The molecule has 3 aromatic rings. The number of halogens is 2. The first-order valence-corrected chi connectivity index (χ1v) is 12.6. The summed E-state index contributed by atoms with van der Waals surface area (Å²) in [6.45, 7) is 2.30. The Morgan fingerprint density at radius 3 is 2.35 bits per heavy atom. The number of hydrogen-bond acceptors (Lipinski definition) is 3. The van der Waals surface area contributed by atoms with Crippen LogP contribution >= 0.6 is 23.4 Å². The molecule has 0 heterocycles. The van der Waals surface area contributed by atoms with Crippen LogP contribution in [0.5, 0.6) is 0 Å². The van der Waals surface area contributed by atoms with E-state index in [4.69, 9.17) is 11.6 Å². The zero-order valence-electron chi connectivity index (χ0n) is 19.0. The SMILES string of the molecule is CCNC(=O)[C@@H](Cc1ccccc1)N(Cc1ccccc1F)C(=O)CCSc1ccc(Cl)cc1. The lowest BCUT2D eigenvalue weighted by molar-refractivity contribution is -0.141. The van der Waals surface area contributed by atoms with Crippen LogP contribution in [-0.2, 0) is 22.6 Å². The number of benzene rings is 3. The summed E-state index contributed by atoms with van der Waals surface area (Å²) in [5.41, 5.74) is 1.31.